The van der Waals surface area contributed by atoms with E-state index in [2.05, 4.69) is 11.9 Å². The molecule has 4 nitrogen and oxygen atoms in total. The molecule has 0 saturated carbocycles. The molecule has 0 radical (unpaired) electrons. The molecule has 4 heteroatoms. The van der Waals surface area contributed by atoms with Crippen LogP contribution < -0.4 is 5.32 Å². The third-order valence-electron chi connectivity index (χ3n) is 0.887. The monoisotopic (exact) mass is 145 g/mol. The van der Waals surface area contributed by atoms with E-state index in [1.807, 2.05) is 0 Å². The molecule has 0 aromatic rings. The molecule has 0 unspecified atom stereocenters. The zero-order chi connectivity index (χ0) is 7.98. The highest BCUT2D eigenvalue weighted by Crippen LogP contribution is 1.81. The Bertz CT molecular complexity index is 122. The quantitative estimate of drug-likeness (QED) is 0.350. The summed E-state index contributed by atoms with van der Waals surface area (Å²) in [6.07, 6.45) is -0.0892. The van der Waals surface area contributed by atoms with Gasteiger partial charge in [-0.1, -0.05) is 6.58 Å². The lowest BCUT2D eigenvalue weighted by atomic mass is 10.4. The fraction of sp³-hybridized carbons (Fsp3) is 0.500. The third kappa shape index (κ3) is 5.27. The van der Waals surface area contributed by atoms with Crippen molar-refractivity contribution in [2.24, 2.45) is 0 Å². The van der Waals surface area contributed by atoms with Gasteiger partial charge in [-0.05, 0) is 6.08 Å². The molecule has 3 N–H and O–H groups in total. The van der Waals surface area contributed by atoms with E-state index in [9.17, 15) is 4.79 Å². The predicted molar refractivity (Wildman–Crippen MR) is 36.0 cm³/mol. The molecule has 0 aliphatic rings. The van der Waals surface area contributed by atoms with Crippen LogP contribution in [0, 0.1) is 0 Å². The standard InChI is InChI=1S/C6H11NO3/c1-2-5(8)7-4-3-6(9)10/h2,6,9-10H,1,3-4H2,(H,7,8). The number of carbonyl (C=O) groups is 1. The Morgan fingerprint density at radius 2 is 2.30 bits per heavy atom. The van der Waals surface area contributed by atoms with Crippen molar-refractivity contribution in [3.8, 4) is 0 Å². The second-order valence-corrected chi connectivity index (χ2v) is 1.76. The lowest BCUT2D eigenvalue weighted by Gasteiger charge is -2.02. The number of hydrogen-bond acceptors (Lipinski definition) is 3. The molecule has 0 aliphatic carbocycles. The van der Waals surface area contributed by atoms with E-state index in [0.29, 0.717) is 0 Å². The van der Waals surface area contributed by atoms with Gasteiger partial charge < -0.3 is 15.5 Å². The van der Waals surface area contributed by atoms with Gasteiger partial charge in [-0.2, -0.15) is 0 Å². The highest BCUT2D eigenvalue weighted by atomic mass is 16.5. The van der Waals surface area contributed by atoms with E-state index >= 15 is 0 Å². The molecule has 10 heavy (non-hydrogen) atoms. The van der Waals surface area contributed by atoms with Crippen LogP contribution in [0.1, 0.15) is 6.42 Å². The van der Waals surface area contributed by atoms with Crippen LogP contribution in [0.5, 0.6) is 0 Å². The van der Waals surface area contributed by atoms with E-state index in [1.54, 1.807) is 0 Å². The summed E-state index contributed by atoms with van der Waals surface area (Å²) in [6.45, 7) is 3.47. The molecule has 0 aliphatic heterocycles. The maximum atomic E-state index is 10.4. The Labute approximate surface area is 59.2 Å². The molecule has 58 valence electrons. The summed E-state index contributed by atoms with van der Waals surface area (Å²) in [6, 6.07) is 0. The van der Waals surface area contributed by atoms with Crippen molar-refractivity contribution < 1.29 is 15.0 Å². The van der Waals surface area contributed by atoms with Gasteiger partial charge in [0, 0.05) is 13.0 Å². The number of rotatable bonds is 4. The maximum Gasteiger partial charge on any atom is 0.243 e. The first-order valence-corrected chi connectivity index (χ1v) is 2.93. The Morgan fingerprint density at radius 3 is 2.70 bits per heavy atom. The molecule has 0 aromatic heterocycles. The maximum absolute atomic E-state index is 10.4. The smallest absolute Gasteiger partial charge is 0.243 e. The van der Waals surface area contributed by atoms with Crippen molar-refractivity contribution >= 4 is 5.91 Å². The van der Waals surface area contributed by atoms with Gasteiger partial charge in [-0.3, -0.25) is 4.79 Å². The Kier molecular flexibility index (Phi) is 4.53. The highest BCUT2D eigenvalue weighted by molar-refractivity contribution is 5.86. The van der Waals surface area contributed by atoms with Crippen LogP contribution in [0.2, 0.25) is 0 Å². The number of aliphatic hydroxyl groups is 2. The largest absolute Gasteiger partial charge is 0.368 e. The minimum atomic E-state index is -1.36. The van der Waals surface area contributed by atoms with Gasteiger partial charge in [0.2, 0.25) is 5.91 Å². The van der Waals surface area contributed by atoms with E-state index in [0.717, 1.165) is 6.08 Å². The van der Waals surface area contributed by atoms with Crippen LogP contribution in [-0.4, -0.2) is 29.0 Å². The Balaban J connectivity index is 3.19. The van der Waals surface area contributed by atoms with E-state index in [1.165, 1.54) is 0 Å². The summed E-state index contributed by atoms with van der Waals surface area (Å²) >= 11 is 0. The topological polar surface area (TPSA) is 69.6 Å². The van der Waals surface area contributed by atoms with Gasteiger partial charge in [0.1, 0.15) is 0 Å². The lowest BCUT2D eigenvalue weighted by Crippen LogP contribution is -2.24. The number of hydrogen-bond donors (Lipinski definition) is 3. The fourth-order valence-electron chi connectivity index (χ4n) is 0.397. The van der Waals surface area contributed by atoms with Crippen LogP contribution >= 0.6 is 0 Å². The summed E-state index contributed by atoms with van der Waals surface area (Å²) in [5, 5.41) is 19.0. The molecule has 0 fully saturated rings. The second kappa shape index (κ2) is 4.96. The van der Waals surface area contributed by atoms with Crippen molar-refractivity contribution in [2.75, 3.05) is 6.54 Å². The van der Waals surface area contributed by atoms with Gasteiger partial charge in [-0.25, -0.2) is 0 Å². The summed E-state index contributed by atoms with van der Waals surface area (Å²) in [7, 11) is 0. The molecule has 1 amide bonds. The summed E-state index contributed by atoms with van der Waals surface area (Å²) in [5.74, 6) is -0.305. The summed E-state index contributed by atoms with van der Waals surface area (Å²) < 4.78 is 0. The minimum Gasteiger partial charge on any atom is -0.368 e. The Morgan fingerprint density at radius 1 is 1.70 bits per heavy atom. The average molecular weight is 145 g/mol. The van der Waals surface area contributed by atoms with Crippen LogP contribution in [0.3, 0.4) is 0 Å². The SMILES string of the molecule is C=CC(=O)NCCC(O)O. The lowest BCUT2D eigenvalue weighted by molar-refractivity contribution is -0.116. The fourth-order valence-corrected chi connectivity index (χ4v) is 0.397. The van der Waals surface area contributed by atoms with E-state index in [4.69, 9.17) is 10.2 Å². The predicted octanol–water partition coefficient (Wildman–Crippen LogP) is -1.01. The van der Waals surface area contributed by atoms with E-state index in [-0.39, 0.29) is 18.9 Å². The normalized spacial score (nSPS) is 9.50. The van der Waals surface area contributed by atoms with Gasteiger partial charge in [0.15, 0.2) is 6.29 Å². The molecule has 0 aromatic carbocycles. The van der Waals surface area contributed by atoms with Crippen molar-refractivity contribution in [3.05, 3.63) is 12.7 Å². The van der Waals surface area contributed by atoms with Crippen LogP contribution in [0.25, 0.3) is 0 Å². The van der Waals surface area contributed by atoms with Crippen molar-refractivity contribution in [1.29, 1.82) is 0 Å². The average Bonchev–Trinajstić information content (AvgIpc) is 1.87. The number of aliphatic hydroxyl groups excluding tert-OH is 1. The highest BCUT2D eigenvalue weighted by Gasteiger charge is 1.97. The molecule has 0 atom stereocenters. The molecule has 0 spiro atoms. The zero-order valence-corrected chi connectivity index (χ0v) is 5.58. The first kappa shape index (κ1) is 9.13. The van der Waals surface area contributed by atoms with E-state index < -0.39 is 6.29 Å². The zero-order valence-electron chi connectivity index (χ0n) is 5.58. The molecular weight excluding hydrogens is 134 g/mol. The third-order valence-corrected chi connectivity index (χ3v) is 0.887. The van der Waals surface area contributed by atoms with Gasteiger partial charge in [0.05, 0.1) is 0 Å². The Hall–Kier alpha value is -0.870. The summed E-state index contributed by atoms with van der Waals surface area (Å²) in [5.41, 5.74) is 0. The molecule has 0 bridgehead atoms. The van der Waals surface area contributed by atoms with Gasteiger partial charge >= 0.3 is 0 Å². The number of carbonyl (C=O) groups excluding carboxylic acids is 1. The van der Waals surface area contributed by atoms with Gasteiger partial charge in [0.25, 0.3) is 0 Å². The number of nitrogens with one attached hydrogen (secondary N) is 1. The van der Waals surface area contributed by atoms with Crippen LogP contribution in [0.4, 0.5) is 0 Å². The minimum absolute atomic E-state index is 0.138. The first-order chi connectivity index (χ1) is 4.66. The van der Waals surface area contributed by atoms with Crippen LogP contribution in [-0.2, 0) is 4.79 Å². The van der Waals surface area contributed by atoms with Crippen molar-refractivity contribution in [2.45, 2.75) is 12.7 Å². The molecule has 0 rings (SSSR count). The second-order valence-electron chi connectivity index (χ2n) is 1.76. The van der Waals surface area contributed by atoms with Crippen LogP contribution in [0.15, 0.2) is 12.7 Å². The molecule has 0 saturated heterocycles. The molecular formula is C6H11NO3. The first-order valence-electron chi connectivity index (χ1n) is 2.93. The van der Waals surface area contributed by atoms with Crippen molar-refractivity contribution in [3.63, 3.8) is 0 Å². The molecule has 0 heterocycles. The summed E-state index contributed by atoms with van der Waals surface area (Å²) in [4.78, 5) is 10.4. The van der Waals surface area contributed by atoms with Gasteiger partial charge in [-0.15, -0.1) is 0 Å². The number of amides is 1. The van der Waals surface area contributed by atoms with Crippen molar-refractivity contribution in [1.82, 2.24) is 5.32 Å².